The molecule has 0 radical (unpaired) electrons. The van der Waals surface area contributed by atoms with E-state index < -0.39 is 0 Å². The second kappa shape index (κ2) is 12.5. The second-order valence-electron chi connectivity index (χ2n) is 7.90. The average molecular weight is 446 g/mol. The second-order valence-corrected chi connectivity index (χ2v) is 7.90. The first-order valence-electron chi connectivity index (χ1n) is 11.1. The molecule has 2 heterocycles. The monoisotopic (exact) mass is 445 g/mol. The maximum Gasteiger partial charge on any atom is 0.158 e. The Morgan fingerprint density at radius 1 is 1.06 bits per heavy atom. The lowest BCUT2D eigenvalue weighted by Gasteiger charge is -2.18. The van der Waals surface area contributed by atoms with Gasteiger partial charge in [0, 0.05) is 37.2 Å². The lowest BCUT2D eigenvalue weighted by atomic mass is 10.0. The van der Waals surface area contributed by atoms with E-state index in [1.54, 1.807) is 7.11 Å². The Hall–Kier alpha value is -3.54. The number of pyridine rings is 1. The molecule has 1 atom stereocenters. The van der Waals surface area contributed by atoms with Crippen molar-refractivity contribution in [2.24, 2.45) is 5.92 Å². The molecular formula is C25H31N7O. The van der Waals surface area contributed by atoms with Gasteiger partial charge in [0.2, 0.25) is 0 Å². The molecule has 1 unspecified atom stereocenters. The van der Waals surface area contributed by atoms with Crippen molar-refractivity contribution in [3.63, 3.8) is 0 Å². The molecule has 3 rings (SSSR count). The Morgan fingerprint density at radius 3 is 2.52 bits per heavy atom. The Bertz CT molecular complexity index is 1050. The van der Waals surface area contributed by atoms with Crippen molar-refractivity contribution in [1.29, 1.82) is 5.26 Å². The van der Waals surface area contributed by atoms with E-state index in [1.807, 2.05) is 18.3 Å². The third-order valence-electron chi connectivity index (χ3n) is 5.21. The van der Waals surface area contributed by atoms with E-state index in [9.17, 15) is 0 Å². The van der Waals surface area contributed by atoms with Gasteiger partial charge in [0.1, 0.15) is 17.7 Å². The van der Waals surface area contributed by atoms with Gasteiger partial charge in [0.25, 0.3) is 0 Å². The number of hydrogen-bond donors (Lipinski definition) is 3. The number of benzene rings is 1. The molecule has 0 aliphatic heterocycles. The van der Waals surface area contributed by atoms with Gasteiger partial charge in [-0.2, -0.15) is 5.26 Å². The van der Waals surface area contributed by atoms with Crippen LogP contribution >= 0.6 is 0 Å². The minimum Gasteiger partial charge on any atom is -0.384 e. The molecule has 0 saturated carbocycles. The van der Waals surface area contributed by atoms with Crippen LogP contribution in [0.15, 0.2) is 48.9 Å². The van der Waals surface area contributed by atoms with Crippen molar-refractivity contribution in [2.45, 2.75) is 26.9 Å². The minimum atomic E-state index is 0.273. The SMILES string of the molecule is CCNCCC(C)CNc1cc(Nc2cnc(C#N)cn2)ncc1-c1ccc(COC)cc1. The zero-order valence-electron chi connectivity index (χ0n) is 19.4. The van der Waals surface area contributed by atoms with E-state index in [0.29, 0.717) is 24.2 Å². The van der Waals surface area contributed by atoms with Crippen LogP contribution in [0, 0.1) is 17.2 Å². The molecule has 0 saturated heterocycles. The Labute approximate surface area is 195 Å². The van der Waals surface area contributed by atoms with Crippen LogP contribution in [0.25, 0.3) is 11.1 Å². The summed E-state index contributed by atoms with van der Waals surface area (Å²) in [5.41, 5.74) is 4.49. The van der Waals surface area contributed by atoms with Crippen molar-refractivity contribution < 1.29 is 4.74 Å². The summed E-state index contributed by atoms with van der Waals surface area (Å²) >= 11 is 0. The zero-order chi connectivity index (χ0) is 23.5. The highest BCUT2D eigenvalue weighted by atomic mass is 16.5. The Balaban J connectivity index is 1.81. The fourth-order valence-corrected chi connectivity index (χ4v) is 3.34. The van der Waals surface area contributed by atoms with Gasteiger partial charge in [-0.15, -0.1) is 0 Å². The fourth-order valence-electron chi connectivity index (χ4n) is 3.34. The molecular weight excluding hydrogens is 414 g/mol. The number of ether oxygens (including phenoxy) is 1. The largest absolute Gasteiger partial charge is 0.384 e. The maximum absolute atomic E-state index is 8.91. The van der Waals surface area contributed by atoms with Crippen molar-refractivity contribution in [1.82, 2.24) is 20.3 Å². The fraction of sp³-hybridized carbons (Fsp3) is 0.360. The molecule has 0 aliphatic rings. The summed E-state index contributed by atoms with van der Waals surface area (Å²) in [6.45, 7) is 7.80. The van der Waals surface area contributed by atoms with Gasteiger partial charge in [-0.1, -0.05) is 38.1 Å². The number of aromatic nitrogens is 3. The van der Waals surface area contributed by atoms with Crippen LogP contribution in [-0.4, -0.2) is 41.7 Å². The van der Waals surface area contributed by atoms with E-state index in [-0.39, 0.29) is 5.69 Å². The van der Waals surface area contributed by atoms with Crippen molar-refractivity contribution in [2.75, 3.05) is 37.4 Å². The van der Waals surface area contributed by atoms with Crippen LogP contribution in [0.4, 0.5) is 17.3 Å². The predicted molar refractivity (Wildman–Crippen MR) is 131 cm³/mol. The van der Waals surface area contributed by atoms with E-state index in [4.69, 9.17) is 10.00 Å². The molecule has 0 aliphatic carbocycles. The highest BCUT2D eigenvalue weighted by Crippen LogP contribution is 2.30. The van der Waals surface area contributed by atoms with Gasteiger partial charge >= 0.3 is 0 Å². The van der Waals surface area contributed by atoms with Crippen molar-refractivity contribution in [3.8, 4) is 17.2 Å². The first kappa shape index (κ1) is 24.1. The van der Waals surface area contributed by atoms with Crippen LogP contribution in [0.3, 0.4) is 0 Å². The summed E-state index contributed by atoms with van der Waals surface area (Å²) in [7, 11) is 1.70. The summed E-state index contributed by atoms with van der Waals surface area (Å²) < 4.78 is 5.22. The van der Waals surface area contributed by atoms with Crippen molar-refractivity contribution >= 4 is 17.3 Å². The topological polar surface area (TPSA) is 108 Å². The summed E-state index contributed by atoms with van der Waals surface area (Å²) in [6.07, 6.45) is 5.91. The summed E-state index contributed by atoms with van der Waals surface area (Å²) in [4.78, 5) is 12.9. The number of nitrogens with one attached hydrogen (secondary N) is 3. The Kier molecular flexibility index (Phi) is 9.12. The van der Waals surface area contributed by atoms with E-state index in [0.717, 1.165) is 48.4 Å². The number of nitriles is 1. The average Bonchev–Trinajstić information content (AvgIpc) is 2.84. The third-order valence-corrected chi connectivity index (χ3v) is 5.21. The third kappa shape index (κ3) is 7.24. The van der Waals surface area contributed by atoms with Gasteiger partial charge in [-0.05, 0) is 36.6 Å². The molecule has 0 fully saturated rings. The molecule has 0 amide bonds. The quantitative estimate of drug-likeness (QED) is 0.353. The normalized spacial score (nSPS) is 11.6. The van der Waals surface area contributed by atoms with Crippen LogP contribution in [0.5, 0.6) is 0 Å². The zero-order valence-corrected chi connectivity index (χ0v) is 19.4. The highest BCUT2D eigenvalue weighted by molar-refractivity contribution is 5.79. The van der Waals surface area contributed by atoms with Gasteiger partial charge in [-0.25, -0.2) is 15.0 Å². The lowest BCUT2D eigenvalue weighted by Crippen LogP contribution is -2.20. The summed E-state index contributed by atoms with van der Waals surface area (Å²) in [5.74, 6) is 1.69. The number of anilines is 3. The van der Waals surface area contributed by atoms with Gasteiger partial charge in [0.15, 0.2) is 5.69 Å². The molecule has 3 N–H and O–H groups in total. The van der Waals surface area contributed by atoms with Crippen molar-refractivity contribution in [3.05, 3.63) is 60.2 Å². The molecule has 8 heteroatoms. The number of hydrogen-bond acceptors (Lipinski definition) is 8. The lowest BCUT2D eigenvalue weighted by molar-refractivity contribution is 0.185. The van der Waals surface area contributed by atoms with Gasteiger partial charge in [-0.3, -0.25) is 0 Å². The smallest absolute Gasteiger partial charge is 0.158 e. The van der Waals surface area contributed by atoms with Gasteiger partial charge < -0.3 is 20.7 Å². The molecule has 172 valence electrons. The van der Waals surface area contributed by atoms with E-state index in [2.05, 4.69) is 69.0 Å². The van der Waals surface area contributed by atoms with E-state index >= 15 is 0 Å². The van der Waals surface area contributed by atoms with Crippen LogP contribution in [0.1, 0.15) is 31.5 Å². The first-order valence-corrected chi connectivity index (χ1v) is 11.1. The number of methoxy groups -OCH3 is 1. The standard InChI is InChI=1S/C25H31N7O/c1-4-27-10-9-18(2)13-29-23-11-24(32-25-16-28-21(12-26)14-30-25)31-15-22(23)20-7-5-19(6-8-20)17-33-3/h5-8,11,14-16,18,27H,4,9-10,13,17H2,1-3H3,(H2,29,30,31,32). The molecule has 33 heavy (non-hydrogen) atoms. The molecule has 0 bridgehead atoms. The van der Waals surface area contributed by atoms with E-state index in [1.165, 1.54) is 12.4 Å². The Morgan fingerprint density at radius 2 is 1.85 bits per heavy atom. The predicted octanol–water partition coefficient (Wildman–Crippen LogP) is 4.35. The molecule has 1 aromatic carbocycles. The van der Waals surface area contributed by atoms with Crippen LogP contribution in [0.2, 0.25) is 0 Å². The maximum atomic E-state index is 8.91. The van der Waals surface area contributed by atoms with Crippen LogP contribution in [-0.2, 0) is 11.3 Å². The minimum absolute atomic E-state index is 0.273. The highest BCUT2D eigenvalue weighted by Gasteiger charge is 2.11. The molecule has 8 nitrogen and oxygen atoms in total. The first-order chi connectivity index (χ1) is 16.1. The van der Waals surface area contributed by atoms with Gasteiger partial charge in [0.05, 0.1) is 19.0 Å². The molecule has 2 aromatic heterocycles. The number of rotatable bonds is 12. The molecule has 0 spiro atoms. The summed E-state index contributed by atoms with van der Waals surface area (Å²) in [5, 5.41) is 19.1. The summed E-state index contributed by atoms with van der Waals surface area (Å²) in [6, 6.07) is 12.3. The van der Waals surface area contributed by atoms with Crippen LogP contribution < -0.4 is 16.0 Å². The number of nitrogens with zero attached hydrogens (tertiary/aromatic N) is 4. The molecule has 3 aromatic rings.